The Morgan fingerprint density at radius 2 is 2.40 bits per heavy atom. The third-order valence-electron chi connectivity index (χ3n) is 2.46. The van der Waals surface area contributed by atoms with Crippen LogP contribution < -0.4 is 5.73 Å². The summed E-state index contributed by atoms with van der Waals surface area (Å²) in [5, 5.41) is 4.75. The van der Waals surface area contributed by atoms with Gasteiger partial charge in [0.2, 0.25) is 5.91 Å². The van der Waals surface area contributed by atoms with Gasteiger partial charge >= 0.3 is 0 Å². The van der Waals surface area contributed by atoms with Crippen LogP contribution in [0.4, 0.5) is 0 Å². The van der Waals surface area contributed by atoms with Gasteiger partial charge < -0.3 is 5.73 Å². The Hall–Kier alpha value is -1.07. The minimum atomic E-state index is -0.268. The average molecular weight is 229 g/mol. The van der Waals surface area contributed by atoms with Crippen LogP contribution in [0.3, 0.4) is 0 Å². The monoisotopic (exact) mass is 228 g/mol. The summed E-state index contributed by atoms with van der Waals surface area (Å²) in [5.41, 5.74) is 5.09. The molecule has 0 aliphatic carbocycles. The molecule has 2 heterocycles. The molecule has 0 unspecified atom stereocenters. The van der Waals surface area contributed by atoms with E-state index in [0.29, 0.717) is 17.5 Å². The Morgan fingerprint density at radius 1 is 1.67 bits per heavy atom. The number of hydrogen-bond acceptors (Lipinski definition) is 3. The van der Waals surface area contributed by atoms with E-state index in [2.05, 4.69) is 5.10 Å². The summed E-state index contributed by atoms with van der Waals surface area (Å²) in [6, 6.07) is 0. The predicted octanol–water partition coefficient (Wildman–Crippen LogP) is -0.0464. The molecular weight excluding hydrogens is 216 g/mol. The standard InChI is InChI=1S/C9H13ClN4O/c10-8-1-12-14(5-8)4-7-2-13(3-7)6-9(11)15/h1,5,7H,2-4,6H2,(H2,11,15). The number of nitrogens with zero attached hydrogens (tertiary/aromatic N) is 3. The highest BCUT2D eigenvalue weighted by Gasteiger charge is 2.27. The second kappa shape index (κ2) is 4.20. The fourth-order valence-electron chi connectivity index (χ4n) is 1.84. The van der Waals surface area contributed by atoms with Gasteiger partial charge in [0.15, 0.2) is 0 Å². The molecule has 15 heavy (non-hydrogen) atoms. The average Bonchev–Trinajstić information content (AvgIpc) is 2.47. The lowest BCUT2D eigenvalue weighted by atomic mass is 10.0. The number of carbonyl (C=O) groups excluding carboxylic acids is 1. The van der Waals surface area contributed by atoms with Gasteiger partial charge in [0.25, 0.3) is 0 Å². The van der Waals surface area contributed by atoms with Gasteiger partial charge in [-0.05, 0) is 0 Å². The Labute approximate surface area is 92.8 Å². The molecule has 1 aliphatic heterocycles. The van der Waals surface area contributed by atoms with Crippen LogP contribution in [-0.2, 0) is 11.3 Å². The number of rotatable bonds is 4. The Balaban J connectivity index is 1.74. The molecule has 0 radical (unpaired) electrons. The van der Waals surface area contributed by atoms with E-state index in [1.165, 1.54) is 0 Å². The number of nitrogens with two attached hydrogens (primary N) is 1. The Bertz CT molecular complexity index is 359. The lowest BCUT2D eigenvalue weighted by molar-refractivity contribution is -0.120. The van der Waals surface area contributed by atoms with Crippen molar-refractivity contribution >= 4 is 17.5 Å². The molecule has 1 aliphatic rings. The van der Waals surface area contributed by atoms with E-state index in [9.17, 15) is 4.79 Å². The highest BCUT2D eigenvalue weighted by Crippen LogP contribution is 2.17. The molecule has 6 heteroatoms. The number of likely N-dealkylation sites (tertiary alicyclic amines) is 1. The van der Waals surface area contributed by atoms with Crippen LogP contribution in [0.5, 0.6) is 0 Å². The maximum Gasteiger partial charge on any atom is 0.231 e. The normalized spacial score (nSPS) is 17.7. The van der Waals surface area contributed by atoms with Crippen molar-refractivity contribution in [3.63, 3.8) is 0 Å². The molecule has 1 amide bonds. The van der Waals surface area contributed by atoms with Gasteiger partial charge in [0.05, 0.1) is 17.8 Å². The number of primary amides is 1. The van der Waals surface area contributed by atoms with Gasteiger partial charge in [0.1, 0.15) is 0 Å². The number of amides is 1. The van der Waals surface area contributed by atoms with Crippen molar-refractivity contribution in [1.29, 1.82) is 0 Å². The third-order valence-corrected chi connectivity index (χ3v) is 2.65. The molecule has 1 aromatic heterocycles. The maximum absolute atomic E-state index is 10.6. The van der Waals surface area contributed by atoms with Crippen molar-refractivity contribution < 1.29 is 4.79 Å². The zero-order valence-corrected chi connectivity index (χ0v) is 9.02. The molecule has 1 saturated heterocycles. The van der Waals surface area contributed by atoms with Crippen LogP contribution in [-0.4, -0.2) is 40.2 Å². The van der Waals surface area contributed by atoms with E-state index in [-0.39, 0.29) is 5.91 Å². The van der Waals surface area contributed by atoms with Crippen LogP contribution in [0.2, 0.25) is 5.02 Å². The molecule has 2 rings (SSSR count). The summed E-state index contributed by atoms with van der Waals surface area (Å²) >= 11 is 5.75. The molecule has 0 spiro atoms. The summed E-state index contributed by atoms with van der Waals surface area (Å²) < 4.78 is 1.83. The summed E-state index contributed by atoms with van der Waals surface area (Å²) in [6.07, 6.45) is 3.43. The topological polar surface area (TPSA) is 64.2 Å². The summed E-state index contributed by atoms with van der Waals surface area (Å²) in [5.74, 6) is 0.274. The molecule has 1 fully saturated rings. The van der Waals surface area contributed by atoms with Crippen LogP contribution in [0.25, 0.3) is 0 Å². The van der Waals surface area contributed by atoms with E-state index in [0.717, 1.165) is 19.6 Å². The Morgan fingerprint density at radius 3 is 2.93 bits per heavy atom. The Kier molecular flexibility index (Phi) is 2.93. The van der Waals surface area contributed by atoms with Gasteiger partial charge in [0, 0.05) is 31.7 Å². The third kappa shape index (κ3) is 2.70. The summed E-state index contributed by atoms with van der Waals surface area (Å²) in [7, 11) is 0. The van der Waals surface area contributed by atoms with Gasteiger partial charge in [-0.2, -0.15) is 5.10 Å². The van der Waals surface area contributed by atoms with Crippen LogP contribution >= 0.6 is 11.6 Å². The number of carbonyl (C=O) groups is 1. The van der Waals surface area contributed by atoms with Crippen molar-refractivity contribution in [2.45, 2.75) is 6.54 Å². The van der Waals surface area contributed by atoms with E-state index in [1.807, 2.05) is 9.58 Å². The van der Waals surface area contributed by atoms with Crippen LogP contribution in [0, 0.1) is 5.92 Å². The van der Waals surface area contributed by atoms with Crippen molar-refractivity contribution in [2.75, 3.05) is 19.6 Å². The van der Waals surface area contributed by atoms with Crippen LogP contribution in [0.1, 0.15) is 0 Å². The number of hydrogen-bond donors (Lipinski definition) is 1. The van der Waals surface area contributed by atoms with Gasteiger partial charge in [-0.3, -0.25) is 14.4 Å². The molecular formula is C9H13ClN4O. The largest absolute Gasteiger partial charge is 0.369 e. The fourth-order valence-corrected chi connectivity index (χ4v) is 2.00. The molecule has 5 nitrogen and oxygen atoms in total. The second-order valence-corrected chi connectivity index (χ2v) is 4.34. The molecule has 82 valence electrons. The van der Waals surface area contributed by atoms with E-state index < -0.39 is 0 Å². The highest BCUT2D eigenvalue weighted by molar-refractivity contribution is 6.30. The smallest absolute Gasteiger partial charge is 0.231 e. The molecule has 0 aromatic carbocycles. The van der Waals surface area contributed by atoms with Gasteiger partial charge in [-0.15, -0.1) is 0 Å². The second-order valence-electron chi connectivity index (χ2n) is 3.91. The first-order valence-corrected chi connectivity index (χ1v) is 5.20. The van der Waals surface area contributed by atoms with E-state index >= 15 is 0 Å². The highest BCUT2D eigenvalue weighted by atomic mass is 35.5. The van der Waals surface area contributed by atoms with Crippen LogP contribution in [0.15, 0.2) is 12.4 Å². The number of aromatic nitrogens is 2. The fraction of sp³-hybridized carbons (Fsp3) is 0.556. The maximum atomic E-state index is 10.6. The zero-order chi connectivity index (χ0) is 10.8. The lowest BCUT2D eigenvalue weighted by Gasteiger charge is -2.38. The van der Waals surface area contributed by atoms with Crippen molar-refractivity contribution in [3.8, 4) is 0 Å². The van der Waals surface area contributed by atoms with Crippen molar-refractivity contribution in [3.05, 3.63) is 17.4 Å². The van der Waals surface area contributed by atoms with E-state index in [1.54, 1.807) is 12.4 Å². The molecule has 1 aromatic rings. The van der Waals surface area contributed by atoms with Gasteiger partial charge in [-0.25, -0.2) is 0 Å². The molecule has 0 atom stereocenters. The summed E-state index contributed by atoms with van der Waals surface area (Å²) in [4.78, 5) is 12.6. The minimum absolute atomic E-state index is 0.268. The van der Waals surface area contributed by atoms with Gasteiger partial charge in [-0.1, -0.05) is 11.6 Å². The molecule has 2 N–H and O–H groups in total. The first kappa shape index (κ1) is 10.4. The summed E-state index contributed by atoms with van der Waals surface area (Å²) in [6.45, 7) is 3.01. The van der Waals surface area contributed by atoms with Crippen molar-refractivity contribution in [2.24, 2.45) is 11.7 Å². The quantitative estimate of drug-likeness (QED) is 0.786. The number of halogens is 1. The molecule has 0 saturated carbocycles. The first-order chi connectivity index (χ1) is 7.13. The lowest BCUT2D eigenvalue weighted by Crippen LogP contribution is -2.51. The minimum Gasteiger partial charge on any atom is -0.369 e. The molecule has 0 bridgehead atoms. The van der Waals surface area contributed by atoms with Crippen molar-refractivity contribution in [1.82, 2.24) is 14.7 Å². The zero-order valence-electron chi connectivity index (χ0n) is 8.27. The first-order valence-electron chi connectivity index (χ1n) is 4.82. The predicted molar refractivity (Wildman–Crippen MR) is 56.4 cm³/mol. The SMILES string of the molecule is NC(=O)CN1CC(Cn2cc(Cl)cn2)C1. The van der Waals surface area contributed by atoms with E-state index in [4.69, 9.17) is 17.3 Å².